The van der Waals surface area contributed by atoms with E-state index >= 15 is 0 Å². The van der Waals surface area contributed by atoms with Gasteiger partial charge in [0, 0.05) is 20.6 Å². The van der Waals surface area contributed by atoms with Crippen LogP contribution in [0.3, 0.4) is 0 Å². The van der Waals surface area contributed by atoms with Gasteiger partial charge in [-0.3, -0.25) is 4.79 Å². The van der Waals surface area contributed by atoms with Crippen molar-refractivity contribution in [3.8, 4) is 0 Å². The van der Waals surface area contributed by atoms with Crippen LogP contribution in [-0.2, 0) is 17.8 Å². The zero-order valence-corrected chi connectivity index (χ0v) is 14.1. The predicted molar refractivity (Wildman–Crippen MR) is 91.9 cm³/mol. The highest BCUT2D eigenvalue weighted by Gasteiger charge is 2.06. The number of nitrogens with one attached hydrogen (secondary N) is 2. The number of carbonyl (C=O) groups excluding carboxylic acids is 1. The van der Waals surface area contributed by atoms with Crippen molar-refractivity contribution in [1.29, 1.82) is 0 Å². The Bertz CT molecular complexity index is 497. The number of aliphatic imine (C=N–C) groups is 1. The monoisotopic (exact) mass is 304 g/mol. The lowest BCUT2D eigenvalue weighted by Crippen LogP contribution is -2.43. The predicted octanol–water partition coefficient (Wildman–Crippen LogP) is 1.78. The van der Waals surface area contributed by atoms with Crippen LogP contribution in [0.1, 0.15) is 31.4 Å². The molecule has 0 unspecified atom stereocenters. The van der Waals surface area contributed by atoms with Crippen LogP contribution >= 0.6 is 0 Å². The molecule has 0 spiro atoms. The molecule has 22 heavy (non-hydrogen) atoms. The second-order valence-corrected chi connectivity index (χ2v) is 5.36. The average molecular weight is 304 g/mol. The maximum Gasteiger partial charge on any atom is 0.241 e. The highest BCUT2D eigenvalue weighted by Crippen LogP contribution is 2.10. The van der Waals surface area contributed by atoms with Gasteiger partial charge in [-0.25, -0.2) is 4.99 Å². The molecule has 0 saturated heterocycles. The minimum absolute atomic E-state index is 0.0277. The number of benzene rings is 1. The maximum atomic E-state index is 11.7. The molecule has 0 atom stereocenters. The van der Waals surface area contributed by atoms with Crippen LogP contribution in [-0.4, -0.2) is 44.0 Å². The largest absolute Gasteiger partial charge is 0.356 e. The molecule has 1 rings (SSSR count). The van der Waals surface area contributed by atoms with Gasteiger partial charge in [0.05, 0.1) is 13.1 Å². The average Bonchev–Trinajstić information content (AvgIpc) is 2.53. The molecule has 1 amide bonds. The van der Waals surface area contributed by atoms with E-state index in [0.29, 0.717) is 12.5 Å². The first kappa shape index (κ1) is 18.0. The van der Waals surface area contributed by atoms with Gasteiger partial charge in [0.2, 0.25) is 5.91 Å². The molecule has 1 aromatic rings. The SMILES string of the molecule is CCCNC(=NCc1ccccc1CC)NCC(=O)N(C)C. The number of hydrogen-bond acceptors (Lipinski definition) is 2. The minimum atomic E-state index is 0.0277. The van der Waals surface area contributed by atoms with E-state index in [1.54, 1.807) is 19.0 Å². The minimum Gasteiger partial charge on any atom is -0.356 e. The number of hydrogen-bond donors (Lipinski definition) is 2. The molecular weight excluding hydrogens is 276 g/mol. The van der Waals surface area contributed by atoms with Crippen molar-refractivity contribution >= 4 is 11.9 Å². The molecule has 0 bridgehead atoms. The normalized spacial score (nSPS) is 11.2. The summed E-state index contributed by atoms with van der Waals surface area (Å²) in [5, 5.41) is 6.33. The molecular formula is C17H28N4O. The Kier molecular flexibility index (Phi) is 8.04. The van der Waals surface area contributed by atoms with E-state index in [1.807, 2.05) is 6.07 Å². The first-order chi connectivity index (χ1) is 10.6. The standard InChI is InChI=1S/C17H28N4O/c1-5-11-18-17(20-13-16(22)21(3)4)19-12-15-10-8-7-9-14(15)6-2/h7-10H,5-6,11-13H2,1-4H3,(H2,18,19,20). The van der Waals surface area contributed by atoms with E-state index in [0.717, 1.165) is 19.4 Å². The van der Waals surface area contributed by atoms with Crippen LogP contribution in [0.2, 0.25) is 0 Å². The van der Waals surface area contributed by atoms with Gasteiger partial charge in [-0.1, -0.05) is 38.1 Å². The molecule has 5 heteroatoms. The van der Waals surface area contributed by atoms with Gasteiger partial charge < -0.3 is 15.5 Å². The molecule has 0 aliphatic heterocycles. The summed E-state index contributed by atoms with van der Waals surface area (Å²) in [5.74, 6) is 0.711. The van der Waals surface area contributed by atoms with Crippen molar-refractivity contribution in [2.24, 2.45) is 4.99 Å². The molecule has 1 aromatic carbocycles. The quantitative estimate of drug-likeness (QED) is 0.596. The Labute approximate surface area is 133 Å². The lowest BCUT2D eigenvalue weighted by Gasteiger charge is -2.15. The highest BCUT2D eigenvalue weighted by molar-refractivity contribution is 5.86. The van der Waals surface area contributed by atoms with Crippen LogP contribution < -0.4 is 10.6 Å². The summed E-state index contributed by atoms with van der Waals surface area (Å²) in [7, 11) is 3.50. The summed E-state index contributed by atoms with van der Waals surface area (Å²) in [6.07, 6.45) is 2.00. The summed E-state index contributed by atoms with van der Waals surface area (Å²) in [6, 6.07) is 8.32. The lowest BCUT2D eigenvalue weighted by atomic mass is 10.1. The third-order valence-corrected chi connectivity index (χ3v) is 3.36. The number of aryl methyl sites for hydroxylation is 1. The number of guanidine groups is 1. The van der Waals surface area contributed by atoms with E-state index < -0.39 is 0 Å². The topological polar surface area (TPSA) is 56.7 Å². The third-order valence-electron chi connectivity index (χ3n) is 3.36. The lowest BCUT2D eigenvalue weighted by molar-refractivity contribution is -0.127. The van der Waals surface area contributed by atoms with Gasteiger partial charge in [0.25, 0.3) is 0 Å². The van der Waals surface area contributed by atoms with Gasteiger partial charge in [-0.05, 0) is 24.0 Å². The van der Waals surface area contributed by atoms with Gasteiger partial charge in [-0.2, -0.15) is 0 Å². The van der Waals surface area contributed by atoms with Crippen molar-refractivity contribution in [1.82, 2.24) is 15.5 Å². The van der Waals surface area contributed by atoms with Crippen molar-refractivity contribution in [2.45, 2.75) is 33.2 Å². The molecule has 0 aliphatic carbocycles. The Morgan fingerprint density at radius 3 is 2.41 bits per heavy atom. The van der Waals surface area contributed by atoms with E-state index in [1.165, 1.54) is 11.1 Å². The van der Waals surface area contributed by atoms with Crippen LogP contribution in [0.15, 0.2) is 29.3 Å². The number of amides is 1. The first-order valence-electron chi connectivity index (χ1n) is 7.87. The molecule has 0 fully saturated rings. The van der Waals surface area contributed by atoms with Gasteiger partial charge in [0.1, 0.15) is 0 Å². The molecule has 5 nitrogen and oxygen atoms in total. The smallest absolute Gasteiger partial charge is 0.241 e. The van der Waals surface area contributed by atoms with Crippen molar-refractivity contribution in [3.05, 3.63) is 35.4 Å². The van der Waals surface area contributed by atoms with Crippen LogP contribution in [0.5, 0.6) is 0 Å². The third kappa shape index (κ3) is 6.16. The van der Waals surface area contributed by atoms with E-state index in [9.17, 15) is 4.79 Å². The highest BCUT2D eigenvalue weighted by atomic mass is 16.2. The van der Waals surface area contributed by atoms with Crippen LogP contribution in [0.4, 0.5) is 0 Å². The van der Waals surface area contributed by atoms with Gasteiger partial charge in [0.15, 0.2) is 5.96 Å². The molecule has 2 N–H and O–H groups in total. The van der Waals surface area contributed by atoms with Crippen molar-refractivity contribution in [2.75, 3.05) is 27.2 Å². The number of carbonyl (C=O) groups is 1. The number of nitrogens with zero attached hydrogens (tertiary/aromatic N) is 2. The van der Waals surface area contributed by atoms with Crippen molar-refractivity contribution < 1.29 is 4.79 Å². The first-order valence-corrected chi connectivity index (χ1v) is 7.87. The molecule has 122 valence electrons. The summed E-state index contributed by atoms with van der Waals surface area (Å²) < 4.78 is 0. The second-order valence-electron chi connectivity index (χ2n) is 5.36. The maximum absolute atomic E-state index is 11.7. The van der Waals surface area contributed by atoms with E-state index in [4.69, 9.17) is 0 Å². The summed E-state index contributed by atoms with van der Waals surface area (Å²) in [4.78, 5) is 17.8. The molecule has 0 heterocycles. The van der Waals surface area contributed by atoms with Crippen LogP contribution in [0, 0.1) is 0 Å². The fourth-order valence-electron chi connectivity index (χ4n) is 1.96. The fourth-order valence-corrected chi connectivity index (χ4v) is 1.96. The summed E-state index contributed by atoms with van der Waals surface area (Å²) in [6.45, 7) is 5.93. The summed E-state index contributed by atoms with van der Waals surface area (Å²) in [5.41, 5.74) is 2.53. The molecule has 0 aliphatic rings. The molecule has 0 radical (unpaired) electrons. The zero-order valence-electron chi connectivity index (χ0n) is 14.1. The molecule has 0 aromatic heterocycles. The second kappa shape index (κ2) is 9.82. The van der Waals surface area contributed by atoms with Gasteiger partial charge in [-0.15, -0.1) is 0 Å². The van der Waals surface area contributed by atoms with E-state index in [2.05, 4.69) is 47.7 Å². The molecule has 0 saturated carbocycles. The zero-order chi connectivity index (χ0) is 16.4. The number of likely N-dealkylation sites (N-methyl/N-ethyl adjacent to an activating group) is 1. The van der Waals surface area contributed by atoms with Crippen molar-refractivity contribution in [3.63, 3.8) is 0 Å². The summed E-state index contributed by atoms with van der Waals surface area (Å²) >= 11 is 0. The number of rotatable bonds is 7. The Balaban J connectivity index is 2.71. The van der Waals surface area contributed by atoms with E-state index in [-0.39, 0.29) is 12.5 Å². The van der Waals surface area contributed by atoms with Gasteiger partial charge >= 0.3 is 0 Å². The van der Waals surface area contributed by atoms with Crippen LogP contribution in [0.25, 0.3) is 0 Å². The Morgan fingerprint density at radius 2 is 1.82 bits per heavy atom. The Hall–Kier alpha value is -2.04. The Morgan fingerprint density at radius 1 is 1.14 bits per heavy atom. The fraction of sp³-hybridized carbons (Fsp3) is 0.529.